The van der Waals surface area contributed by atoms with Gasteiger partial charge in [0, 0.05) is 94.2 Å². The Balaban J connectivity index is -0.000000550. The van der Waals surface area contributed by atoms with Gasteiger partial charge in [-0.15, -0.1) is 0 Å². The first-order valence-corrected chi connectivity index (χ1v) is 63.5. The van der Waals surface area contributed by atoms with Crippen LogP contribution in [-0.4, -0.2) is 111 Å². The van der Waals surface area contributed by atoms with Crippen LogP contribution in [0.2, 0.25) is 0 Å². The predicted molar refractivity (Wildman–Crippen MR) is 586 cm³/mol. The Morgan fingerprint density at radius 1 is 0.248 bits per heavy atom. The molecule has 12 nitrogen and oxygen atoms in total. The minimum Gasteiger partial charge on any atom is -1.00 e. The first-order chi connectivity index (χ1) is 64.0. The van der Waals surface area contributed by atoms with Crippen molar-refractivity contribution in [2.75, 3.05) is 44.0 Å². The Labute approximate surface area is 897 Å². The van der Waals surface area contributed by atoms with Crippen molar-refractivity contribution in [3.63, 3.8) is 0 Å². The number of unbranched alkanes of at least 4 members (excludes halogenated alkanes) is 78. The third-order valence-corrected chi connectivity index (χ3v) is 27.7. The van der Waals surface area contributed by atoms with Crippen LogP contribution in [0.4, 0.5) is 0 Å². The fourth-order valence-corrected chi connectivity index (χ4v) is 19.2. The molecule has 0 spiro atoms. The minimum absolute atomic E-state index is 0. The van der Waals surface area contributed by atoms with Crippen LogP contribution < -0.4 is 68.4 Å². The number of aromatic nitrogens is 2. The van der Waals surface area contributed by atoms with Gasteiger partial charge in [0.1, 0.15) is 18.2 Å². The summed E-state index contributed by atoms with van der Waals surface area (Å²) in [7, 11) is -7.83. The Bertz CT molecular complexity index is 2390. The van der Waals surface area contributed by atoms with Crippen LogP contribution in [-0.2, 0) is 33.2 Å². The second-order valence-electron chi connectivity index (χ2n) is 40.5. The van der Waals surface area contributed by atoms with Crippen molar-refractivity contribution in [2.45, 2.75) is 659 Å². The molecule has 0 radical (unpaired) electrons. The van der Waals surface area contributed by atoms with Crippen molar-refractivity contribution in [1.82, 2.24) is 29.2 Å². The number of imidazole rings is 1. The largest absolute Gasteiger partial charge is 1.00 e. The van der Waals surface area contributed by atoms with E-state index in [-0.39, 0.29) is 68.4 Å². The van der Waals surface area contributed by atoms with Crippen molar-refractivity contribution in [2.24, 2.45) is 0 Å². The zero-order valence-electron chi connectivity index (χ0n) is 91.7. The van der Waals surface area contributed by atoms with E-state index in [1.807, 2.05) is 6.20 Å². The summed E-state index contributed by atoms with van der Waals surface area (Å²) in [6.07, 6.45) is 144. The summed E-state index contributed by atoms with van der Waals surface area (Å²) in [5.74, 6) is 1.32. The molecular formula is C116H233Br2KN6O6S2-2. The molecule has 2 aliphatic rings. The Kier molecular flexibility index (Phi) is 125. The summed E-state index contributed by atoms with van der Waals surface area (Å²) >= 11 is 3.46. The molecule has 0 saturated heterocycles. The second-order valence-corrected chi connectivity index (χ2v) is 44.2. The van der Waals surface area contributed by atoms with Crippen molar-refractivity contribution < 1.29 is 94.3 Å². The molecule has 3 heterocycles. The molecule has 17 heteroatoms. The molecule has 133 heavy (non-hydrogen) atoms. The van der Waals surface area contributed by atoms with E-state index < -0.39 is 20.2 Å². The second kappa shape index (κ2) is 118. The molecule has 0 N–H and O–H groups in total. The molecule has 1 aromatic rings. The molecule has 0 atom stereocenters. The Morgan fingerprint density at radius 2 is 0.398 bits per heavy atom. The van der Waals surface area contributed by atoms with E-state index in [0.29, 0.717) is 24.8 Å². The van der Waals surface area contributed by atoms with Gasteiger partial charge in [-0.2, -0.15) is 0 Å². The maximum Gasteiger partial charge on any atom is 1.00 e. The summed E-state index contributed by atoms with van der Waals surface area (Å²) < 4.78 is 56.9. The third kappa shape index (κ3) is 116. The zero-order chi connectivity index (χ0) is 96.5. The summed E-state index contributed by atoms with van der Waals surface area (Å²) in [4.78, 5) is 15.5. The van der Waals surface area contributed by atoms with E-state index in [1.165, 1.54) is 622 Å². The van der Waals surface area contributed by atoms with Gasteiger partial charge in [0.05, 0.1) is 20.2 Å². The number of rotatable bonds is 95. The topological polar surface area (TPSA) is 145 Å². The van der Waals surface area contributed by atoms with Crippen molar-refractivity contribution in [1.29, 1.82) is 0 Å². The normalized spacial score (nSPS) is 12.6. The quantitative estimate of drug-likeness (QED) is 0.0266. The SMILES string of the molecule is CCCCCCCCCCCCBr.CCCCCCCCCCCCN1C=CN(CCCCCCCCCCCC)C1CCCCCCCCCCC.CCCCCCCCCCCCN1C=CN(CCCCCCCCCCCC)C1CCCCCCCCCCC.CCCCCCCCCCCCn1ccnc1CCCCCCCCCCC.CS(=O)(=O)[O-].CS(=O)(=O)[O-].[Br-].[K+]. The van der Waals surface area contributed by atoms with E-state index in [4.69, 9.17) is 25.9 Å². The summed E-state index contributed by atoms with van der Waals surface area (Å²) in [6, 6.07) is 0. The predicted octanol–water partition coefficient (Wildman–Crippen LogP) is 32.8. The van der Waals surface area contributed by atoms with E-state index >= 15 is 0 Å². The van der Waals surface area contributed by atoms with Gasteiger partial charge in [-0.05, 0) is 70.6 Å². The van der Waals surface area contributed by atoms with Crippen LogP contribution in [0.5, 0.6) is 0 Å². The number of alkyl halides is 1. The molecule has 1 aromatic heterocycles. The van der Waals surface area contributed by atoms with E-state index in [2.05, 4.69) is 138 Å². The molecular weight excluding hydrogens is 1840 g/mol. The van der Waals surface area contributed by atoms with E-state index in [9.17, 15) is 0 Å². The fourth-order valence-electron chi connectivity index (χ4n) is 18.8. The first-order valence-electron chi connectivity index (χ1n) is 58.7. The van der Waals surface area contributed by atoms with Crippen LogP contribution in [0, 0.1) is 0 Å². The van der Waals surface area contributed by atoms with Gasteiger partial charge in [0.25, 0.3) is 0 Å². The van der Waals surface area contributed by atoms with Gasteiger partial charge >= 0.3 is 51.4 Å². The van der Waals surface area contributed by atoms with Gasteiger partial charge in [-0.25, -0.2) is 21.8 Å². The average Bonchev–Trinajstić information content (AvgIpc) is 1.71. The molecule has 0 fully saturated rings. The zero-order valence-corrected chi connectivity index (χ0v) is 99.6. The molecule has 0 aliphatic carbocycles. The van der Waals surface area contributed by atoms with E-state index in [1.54, 1.807) is 0 Å². The van der Waals surface area contributed by atoms with Crippen LogP contribution >= 0.6 is 15.9 Å². The third-order valence-electron chi connectivity index (χ3n) is 27.2. The van der Waals surface area contributed by atoms with Gasteiger partial charge in [-0.3, -0.25) is 0 Å². The molecule has 0 bridgehead atoms. The number of halogens is 2. The van der Waals surface area contributed by atoms with Crippen molar-refractivity contribution in [3.05, 3.63) is 43.0 Å². The van der Waals surface area contributed by atoms with Gasteiger partial charge in [0.2, 0.25) is 0 Å². The first kappa shape index (κ1) is 142. The fraction of sp³-hybridized carbons (Fsp3) is 0.940. The number of hydrogen-bond donors (Lipinski definition) is 0. The molecule has 0 aromatic carbocycles. The average molecular weight is 2070 g/mol. The van der Waals surface area contributed by atoms with E-state index in [0.717, 1.165) is 0 Å². The summed E-state index contributed by atoms with van der Waals surface area (Å²) in [5.41, 5.74) is 0. The standard InChI is InChI=1S/2C38H76N2.C26H50N2.C12H25Br.2CH4O3S.BrH.K/c2*1-4-7-10-13-16-19-22-25-28-31-34-39-36-37-40(35-32-29-26-23-20-17-14-11-8-5-2)38(39)33-30-27-24-21-18-15-12-9-6-3;1-3-5-7-9-11-13-15-17-19-21-24-28-25-23-27-26(28)22-20-18-16-14-12-10-8-6-4-2;1-2-3-4-5-6-7-8-9-10-11-12-13;2*1-5(2,3)4;;/h2*36-38H,4-35H2,1-3H3;23,25H,3-22,24H2,1-2H3;2-12H2,1H3;2*1H3,(H,2,3,4);1H;/q;;;;;;;+1/p-3. The number of nitrogens with zero attached hydrogens (tertiary/aromatic N) is 6. The molecule has 3 rings (SSSR count). The van der Waals surface area contributed by atoms with Crippen LogP contribution in [0.1, 0.15) is 640 Å². The van der Waals surface area contributed by atoms with Crippen LogP contribution in [0.15, 0.2) is 37.2 Å². The molecule has 792 valence electrons. The maximum absolute atomic E-state index is 9.08. The van der Waals surface area contributed by atoms with Gasteiger partial charge < -0.3 is 50.3 Å². The summed E-state index contributed by atoms with van der Waals surface area (Å²) in [5, 5.41) is 1.18. The smallest absolute Gasteiger partial charge is 1.00 e. The van der Waals surface area contributed by atoms with Crippen LogP contribution in [0.3, 0.4) is 0 Å². The molecule has 0 amide bonds. The Morgan fingerprint density at radius 3 is 0.579 bits per heavy atom. The Hall–Kier alpha value is 0.306. The van der Waals surface area contributed by atoms with Crippen LogP contribution in [0.25, 0.3) is 0 Å². The molecule has 0 saturated carbocycles. The molecule has 0 unspecified atom stereocenters. The van der Waals surface area contributed by atoms with Gasteiger partial charge in [-0.1, -0.05) is 579 Å². The monoisotopic (exact) mass is 2070 g/mol. The molecule has 2 aliphatic heterocycles. The number of aryl methyl sites for hydroxylation is 2. The number of hydrogen-bond acceptors (Lipinski definition) is 11. The summed E-state index contributed by atoms with van der Waals surface area (Å²) in [6.45, 7) is 27.0. The minimum atomic E-state index is -3.92. The van der Waals surface area contributed by atoms with Crippen molar-refractivity contribution in [3.8, 4) is 0 Å². The van der Waals surface area contributed by atoms with Crippen molar-refractivity contribution >= 4 is 36.2 Å². The van der Waals surface area contributed by atoms with Gasteiger partial charge in [0.15, 0.2) is 0 Å². The maximum atomic E-state index is 9.08.